The summed E-state index contributed by atoms with van der Waals surface area (Å²) in [6.07, 6.45) is 16.0. The number of amidine groups is 2. The van der Waals surface area contributed by atoms with E-state index in [2.05, 4.69) is 193 Å². The van der Waals surface area contributed by atoms with Crippen molar-refractivity contribution in [3.63, 3.8) is 0 Å². The van der Waals surface area contributed by atoms with Gasteiger partial charge in [-0.15, -0.1) is 0 Å². The van der Waals surface area contributed by atoms with Crippen molar-refractivity contribution >= 4 is 39.8 Å². The summed E-state index contributed by atoms with van der Waals surface area (Å²) in [6.45, 7) is 0. The molecule has 4 atom stereocenters. The SMILES string of the molecule is C1=CC(C2=CCCC(c3ccccc3)=C2)C2OC3C(C4=NC(c5ccc(-c6ccc7ccccc7c6)cc5)=[N+]4c4ccccc4)=Cc4ccccc4C3C2=C1. The summed E-state index contributed by atoms with van der Waals surface area (Å²) in [6, 6.07) is 54.4. The second kappa shape index (κ2) is 13.2. The number of hydrogen-bond acceptors (Lipinski definition) is 2. The predicted octanol–water partition coefficient (Wildman–Crippen LogP) is 11.9. The monoisotopic (exact) mass is 707 g/mol. The van der Waals surface area contributed by atoms with Crippen LogP contribution in [0.3, 0.4) is 0 Å². The first kappa shape index (κ1) is 32.0. The van der Waals surface area contributed by atoms with E-state index in [4.69, 9.17) is 9.73 Å². The molecular formula is C52H39N2O+. The molecule has 6 aromatic carbocycles. The number of ether oxygens (including phenoxy) is 1. The molecular weight excluding hydrogens is 669 g/mol. The van der Waals surface area contributed by atoms with Crippen LogP contribution < -0.4 is 0 Å². The standard InChI is InChI=1S/C52H39N2O/c1-3-13-34(14-4-1)39-18-11-19-41(32-39)45-23-12-24-46-48-44-22-10-9-17-42(44)33-47(50(48)55-49(45)46)52-53-51(54(52)43-20-5-2-6-21-43)37-28-25-36(26-29-37)40-30-27-35-15-7-8-16-38(35)31-40/h1-10,12-17,19-33,45,48-50H,11,18H2/q+1. The highest BCUT2D eigenvalue weighted by Gasteiger charge is 2.52. The maximum absolute atomic E-state index is 7.35. The van der Waals surface area contributed by atoms with Gasteiger partial charge < -0.3 is 4.74 Å². The zero-order chi connectivity index (χ0) is 36.3. The molecule has 3 aliphatic carbocycles. The topological polar surface area (TPSA) is 24.6 Å². The van der Waals surface area contributed by atoms with Crippen molar-refractivity contribution in [2.24, 2.45) is 10.9 Å². The third-order valence-electron chi connectivity index (χ3n) is 12.0. The van der Waals surface area contributed by atoms with Crippen LogP contribution in [0.4, 0.5) is 5.69 Å². The van der Waals surface area contributed by atoms with Crippen molar-refractivity contribution in [2.75, 3.05) is 0 Å². The van der Waals surface area contributed by atoms with Crippen LogP contribution in [0.1, 0.15) is 41.0 Å². The predicted molar refractivity (Wildman–Crippen MR) is 226 cm³/mol. The van der Waals surface area contributed by atoms with Crippen LogP contribution in [0, 0.1) is 5.92 Å². The lowest BCUT2D eigenvalue weighted by atomic mass is 9.73. The van der Waals surface area contributed by atoms with E-state index in [9.17, 15) is 0 Å². The summed E-state index contributed by atoms with van der Waals surface area (Å²) in [5.74, 6) is 2.16. The number of nitrogens with zero attached hydrogens (tertiary/aromatic N) is 2. The fraction of sp³-hybridized carbons (Fsp3) is 0.115. The number of benzene rings is 6. The smallest absolute Gasteiger partial charge is 0.279 e. The van der Waals surface area contributed by atoms with E-state index in [0.29, 0.717) is 0 Å². The molecule has 11 rings (SSSR count). The summed E-state index contributed by atoms with van der Waals surface area (Å²) in [5.41, 5.74) is 13.7. The molecule has 0 bridgehead atoms. The minimum atomic E-state index is -0.155. The van der Waals surface area contributed by atoms with E-state index in [0.717, 1.165) is 41.3 Å². The lowest BCUT2D eigenvalue weighted by molar-refractivity contribution is -0.320. The van der Waals surface area contributed by atoms with Gasteiger partial charge in [-0.05, 0) is 105 Å². The van der Waals surface area contributed by atoms with Crippen molar-refractivity contribution < 1.29 is 9.31 Å². The van der Waals surface area contributed by atoms with E-state index < -0.39 is 0 Å². The second-order valence-corrected chi connectivity index (χ2v) is 15.1. The number of rotatable bonds is 6. The normalized spacial score (nSPS) is 22.4. The lowest BCUT2D eigenvalue weighted by Gasteiger charge is -2.30. The molecule has 0 amide bonds. The first-order chi connectivity index (χ1) is 27.3. The molecule has 0 N–H and O–H groups in total. The second-order valence-electron chi connectivity index (χ2n) is 15.1. The van der Waals surface area contributed by atoms with Crippen molar-refractivity contribution in [2.45, 2.75) is 31.0 Å². The van der Waals surface area contributed by atoms with Crippen molar-refractivity contribution in [3.05, 3.63) is 221 Å². The van der Waals surface area contributed by atoms with E-state index in [1.165, 1.54) is 55.3 Å². The van der Waals surface area contributed by atoms with Crippen LogP contribution in [-0.4, -0.2) is 28.5 Å². The highest BCUT2D eigenvalue weighted by Crippen LogP contribution is 2.52. The quantitative estimate of drug-likeness (QED) is 0.158. The molecule has 4 unspecified atom stereocenters. The molecule has 262 valence electrons. The van der Waals surface area contributed by atoms with Gasteiger partial charge in [0, 0.05) is 11.8 Å². The Kier molecular flexibility index (Phi) is 7.67. The molecule has 2 heterocycles. The minimum absolute atomic E-state index is 0.0517. The maximum atomic E-state index is 7.35. The van der Waals surface area contributed by atoms with E-state index in [1.807, 2.05) is 0 Å². The fourth-order valence-electron chi connectivity index (χ4n) is 9.28. The van der Waals surface area contributed by atoms with Gasteiger partial charge in [-0.25, -0.2) is 0 Å². The van der Waals surface area contributed by atoms with Crippen LogP contribution in [0.25, 0.3) is 33.5 Å². The highest BCUT2D eigenvalue weighted by atomic mass is 16.5. The molecule has 2 aliphatic heterocycles. The van der Waals surface area contributed by atoms with Gasteiger partial charge in [0.25, 0.3) is 11.7 Å². The summed E-state index contributed by atoms with van der Waals surface area (Å²) in [7, 11) is 0. The number of allylic oxidation sites excluding steroid dienone is 5. The van der Waals surface area contributed by atoms with Crippen molar-refractivity contribution in [3.8, 4) is 11.1 Å². The molecule has 3 nitrogen and oxygen atoms in total. The molecule has 55 heavy (non-hydrogen) atoms. The molecule has 5 aliphatic rings. The molecule has 0 aromatic heterocycles. The Balaban J connectivity index is 0.959. The van der Waals surface area contributed by atoms with Gasteiger partial charge in [0.15, 0.2) is 0 Å². The number of aliphatic imine (C=N–C) groups is 1. The molecule has 0 spiro atoms. The number of hydrogen-bond donors (Lipinski definition) is 0. The van der Waals surface area contributed by atoms with Gasteiger partial charge in [0.05, 0.1) is 17.2 Å². The van der Waals surface area contributed by atoms with Gasteiger partial charge in [0.1, 0.15) is 11.8 Å². The van der Waals surface area contributed by atoms with Crippen molar-refractivity contribution in [1.29, 1.82) is 0 Å². The largest absolute Gasteiger partial charge is 0.364 e. The first-order valence-electron chi connectivity index (χ1n) is 19.5. The zero-order valence-electron chi connectivity index (χ0n) is 30.4. The Labute approximate surface area is 322 Å². The summed E-state index contributed by atoms with van der Waals surface area (Å²) < 4.78 is 9.68. The molecule has 1 saturated heterocycles. The van der Waals surface area contributed by atoms with E-state index >= 15 is 0 Å². The van der Waals surface area contributed by atoms with Gasteiger partial charge in [0.2, 0.25) is 0 Å². The maximum Gasteiger partial charge on any atom is 0.279 e. The van der Waals surface area contributed by atoms with Crippen LogP contribution in [0.5, 0.6) is 0 Å². The summed E-state index contributed by atoms with van der Waals surface area (Å²) in [4.78, 5) is 5.37. The fourth-order valence-corrected chi connectivity index (χ4v) is 9.28. The van der Waals surface area contributed by atoms with E-state index in [-0.39, 0.29) is 24.0 Å². The Bertz CT molecular complexity index is 2730. The number of fused-ring (bicyclic) bond motifs is 6. The number of para-hydroxylation sites is 1. The van der Waals surface area contributed by atoms with Crippen LogP contribution in [0.15, 0.2) is 204 Å². The lowest BCUT2D eigenvalue weighted by Crippen LogP contribution is -2.40. The average Bonchev–Trinajstić information content (AvgIpc) is 3.65. The molecule has 0 saturated carbocycles. The Morgan fingerprint density at radius 2 is 1.35 bits per heavy atom. The van der Waals surface area contributed by atoms with Crippen molar-refractivity contribution in [1.82, 2.24) is 0 Å². The Morgan fingerprint density at radius 1 is 0.618 bits per heavy atom. The van der Waals surface area contributed by atoms with Gasteiger partial charge in [-0.2, -0.15) is 4.58 Å². The summed E-state index contributed by atoms with van der Waals surface area (Å²) >= 11 is 0. The van der Waals surface area contributed by atoms with Crippen LogP contribution in [0.2, 0.25) is 0 Å². The zero-order valence-corrected chi connectivity index (χ0v) is 30.4. The van der Waals surface area contributed by atoms with Gasteiger partial charge in [-0.3, -0.25) is 0 Å². The van der Waals surface area contributed by atoms with Gasteiger partial charge >= 0.3 is 0 Å². The highest BCUT2D eigenvalue weighted by molar-refractivity contribution is 6.18. The third-order valence-corrected chi connectivity index (χ3v) is 12.0. The third kappa shape index (κ3) is 5.46. The Morgan fingerprint density at radius 3 is 2.20 bits per heavy atom. The Hall–Kier alpha value is -6.42. The first-order valence-corrected chi connectivity index (χ1v) is 19.5. The average molecular weight is 708 g/mol. The van der Waals surface area contributed by atoms with Gasteiger partial charge in [-0.1, -0.05) is 157 Å². The molecule has 1 fully saturated rings. The van der Waals surface area contributed by atoms with E-state index in [1.54, 1.807) is 0 Å². The molecule has 3 heteroatoms. The minimum Gasteiger partial charge on any atom is -0.364 e. The molecule has 0 radical (unpaired) electrons. The van der Waals surface area contributed by atoms with Crippen LogP contribution in [-0.2, 0) is 4.74 Å². The van der Waals surface area contributed by atoms with Crippen LogP contribution >= 0.6 is 0 Å². The summed E-state index contributed by atoms with van der Waals surface area (Å²) in [5, 5.41) is 2.50. The molecule has 6 aromatic rings.